The third kappa shape index (κ3) is 2.37. The van der Waals surface area contributed by atoms with E-state index in [9.17, 15) is 4.79 Å². The highest BCUT2D eigenvalue weighted by Gasteiger charge is 2.28. The first kappa shape index (κ1) is 10.2. The van der Waals surface area contributed by atoms with Crippen LogP contribution >= 0.6 is 0 Å². The molecule has 82 valence electrons. The fraction of sp³-hybridized carbons (Fsp3) is 0.636. The Kier molecular flexibility index (Phi) is 2.75. The van der Waals surface area contributed by atoms with E-state index in [-0.39, 0.29) is 6.03 Å². The van der Waals surface area contributed by atoms with Crippen LogP contribution in [0.2, 0.25) is 0 Å². The summed E-state index contributed by atoms with van der Waals surface area (Å²) in [5.41, 5.74) is 0.302. The second-order valence-corrected chi connectivity index (χ2v) is 4.65. The zero-order valence-corrected chi connectivity index (χ0v) is 9.07. The fourth-order valence-corrected chi connectivity index (χ4v) is 2.16. The number of hydrogen-bond acceptors (Lipinski definition) is 2. The van der Waals surface area contributed by atoms with Gasteiger partial charge in [-0.15, -0.1) is 0 Å². The molecule has 0 aromatic carbocycles. The molecular formula is C11H17N3O. The normalized spacial score (nSPS) is 19.0. The Hall–Kier alpha value is -1.32. The van der Waals surface area contributed by atoms with Crippen LogP contribution in [-0.2, 0) is 0 Å². The van der Waals surface area contributed by atoms with E-state index < -0.39 is 0 Å². The third-order valence-corrected chi connectivity index (χ3v) is 3.22. The average molecular weight is 207 g/mol. The molecule has 0 atom stereocenters. The van der Waals surface area contributed by atoms with E-state index in [1.165, 1.54) is 36.6 Å². The summed E-state index contributed by atoms with van der Waals surface area (Å²) in [7, 11) is 0. The average Bonchev–Trinajstić information content (AvgIpc) is 2.85. The summed E-state index contributed by atoms with van der Waals surface area (Å²) in [6.07, 6.45) is 9.80. The van der Waals surface area contributed by atoms with Crippen LogP contribution in [0, 0.1) is 5.41 Å². The predicted molar refractivity (Wildman–Crippen MR) is 57.6 cm³/mol. The number of nitrogens with zero attached hydrogens (tertiary/aromatic N) is 2. The first-order valence-corrected chi connectivity index (χ1v) is 5.46. The maximum absolute atomic E-state index is 11.6. The Balaban J connectivity index is 1.85. The minimum atomic E-state index is -0.0828. The summed E-state index contributed by atoms with van der Waals surface area (Å²) < 4.78 is 1.47. The number of imidazole rings is 1. The second kappa shape index (κ2) is 4.04. The van der Waals surface area contributed by atoms with E-state index in [1.807, 2.05) is 0 Å². The molecule has 0 spiro atoms. The molecule has 4 heteroatoms. The molecule has 1 aromatic heterocycles. The van der Waals surface area contributed by atoms with Gasteiger partial charge in [0.15, 0.2) is 0 Å². The molecule has 4 nitrogen and oxygen atoms in total. The van der Waals surface area contributed by atoms with Crippen molar-refractivity contribution in [1.82, 2.24) is 14.9 Å². The highest BCUT2D eigenvalue weighted by atomic mass is 16.2. The van der Waals surface area contributed by atoms with E-state index in [1.54, 1.807) is 12.4 Å². The molecule has 1 saturated carbocycles. The Morgan fingerprint density at radius 1 is 1.53 bits per heavy atom. The quantitative estimate of drug-likeness (QED) is 0.806. The van der Waals surface area contributed by atoms with Gasteiger partial charge < -0.3 is 5.32 Å². The van der Waals surface area contributed by atoms with Gasteiger partial charge in [-0.2, -0.15) is 0 Å². The van der Waals surface area contributed by atoms with Gasteiger partial charge in [-0.05, 0) is 18.3 Å². The summed E-state index contributed by atoms with van der Waals surface area (Å²) >= 11 is 0. The number of nitrogens with one attached hydrogen (secondary N) is 1. The number of carbonyl (C=O) groups excluding carboxylic acids is 1. The molecule has 1 aliphatic rings. The molecule has 1 aliphatic carbocycles. The monoisotopic (exact) mass is 207 g/mol. The lowest BCUT2D eigenvalue weighted by molar-refractivity contribution is 0.233. The maximum Gasteiger partial charge on any atom is 0.326 e. The van der Waals surface area contributed by atoms with E-state index in [4.69, 9.17) is 0 Å². The van der Waals surface area contributed by atoms with Crippen LogP contribution in [0.1, 0.15) is 32.6 Å². The first-order chi connectivity index (χ1) is 7.20. The molecule has 0 aliphatic heterocycles. The van der Waals surface area contributed by atoms with Crippen molar-refractivity contribution in [3.8, 4) is 0 Å². The van der Waals surface area contributed by atoms with Gasteiger partial charge in [0.25, 0.3) is 0 Å². The van der Waals surface area contributed by atoms with Gasteiger partial charge in [0.1, 0.15) is 6.33 Å². The number of hydrogen-bond donors (Lipinski definition) is 1. The minimum absolute atomic E-state index is 0.0828. The fourth-order valence-electron chi connectivity index (χ4n) is 2.16. The Morgan fingerprint density at radius 3 is 2.87 bits per heavy atom. The molecule has 1 fully saturated rings. The lowest BCUT2D eigenvalue weighted by atomic mass is 9.89. The SMILES string of the molecule is CC1(CNC(=O)n2ccnc2)CCCC1. The molecule has 0 unspecified atom stereocenters. The smallest absolute Gasteiger partial charge is 0.326 e. The van der Waals surface area contributed by atoms with Crippen molar-refractivity contribution in [2.75, 3.05) is 6.54 Å². The van der Waals surface area contributed by atoms with E-state index >= 15 is 0 Å². The van der Waals surface area contributed by atoms with Crippen molar-refractivity contribution in [3.05, 3.63) is 18.7 Å². The number of aromatic nitrogens is 2. The molecule has 1 aromatic rings. The molecular weight excluding hydrogens is 190 g/mol. The van der Waals surface area contributed by atoms with Crippen LogP contribution in [0.5, 0.6) is 0 Å². The molecule has 1 N–H and O–H groups in total. The van der Waals surface area contributed by atoms with Gasteiger partial charge in [-0.25, -0.2) is 9.78 Å². The topological polar surface area (TPSA) is 46.9 Å². The van der Waals surface area contributed by atoms with Crippen molar-refractivity contribution in [2.24, 2.45) is 5.41 Å². The summed E-state index contributed by atoms with van der Waals surface area (Å²) in [5, 5.41) is 2.95. The van der Waals surface area contributed by atoms with Crippen molar-refractivity contribution in [1.29, 1.82) is 0 Å². The number of carbonyl (C=O) groups is 1. The van der Waals surface area contributed by atoms with Crippen molar-refractivity contribution >= 4 is 6.03 Å². The number of rotatable bonds is 2. The van der Waals surface area contributed by atoms with E-state index in [0.717, 1.165) is 6.54 Å². The third-order valence-electron chi connectivity index (χ3n) is 3.22. The Morgan fingerprint density at radius 2 is 2.27 bits per heavy atom. The van der Waals surface area contributed by atoms with Gasteiger partial charge in [-0.3, -0.25) is 4.57 Å². The molecule has 0 radical (unpaired) electrons. The second-order valence-electron chi connectivity index (χ2n) is 4.65. The molecule has 15 heavy (non-hydrogen) atoms. The first-order valence-electron chi connectivity index (χ1n) is 5.46. The zero-order valence-electron chi connectivity index (χ0n) is 9.07. The van der Waals surface area contributed by atoms with Gasteiger partial charge in [-0.1, -0.05) is 19.8 Å². The minimum Gasteiger partial charge on any atom is -0.337 e. The molecule has 0 saturated heterocycles. The van der Waals surface area contributed by atoms with Gasteiger partial charge in [0.05, 0.1) is 0 Å². The van der Waals surface area contributed by atoms with Gasteiger partial charge in [0, 0.05) is 18.9 Å². The van der Waals surface area contributed by atoms with Crippen molar-refractivity contribution in [2.45, 2.75) is 32.6 Å². The van der Waals surface area contributed by atoms with E-state index in [0.29, 0.717) is 5.41 Å². The van der Waals surface area contributed by atoms with E-state index in [2.05, 4.69) is 17.2 Å². The van der Waals surface area contributed by atoms with Crippen molar-refractivity contribution in [3.63, 3.8) is 0 Å². The van der Waals surface area contributed by atoms with Crippen LogP contribution in [0.3, 0.4) is 0 Å². The maximum atomic E-state index is 11.6. The zero-order chi connectivity index (χ0) is 10.7. The van der Waals surface area contributed by atoms with Crippen LogP contribution in [-0.4, -0.2) is 22.1 Å². The van der Waals surface area contributed by atoms with Crippen LogP contribution in [0.25, 0.3) is 0 Å². The summed E-state index contributed by atoms with van der Waals surface area (Å²) in [5.74, 6) is 0. The van der Waals surface area contributed by atoms with Gasteiger partial charge in [0.2, 0.25) is 0 Å². The number of amides is 1. The Bertz CT molecular complexity index is 326. The van der Waals surface area contributed by atoms with Crippen LogP contribution in [0.4, 0.5) is 4.79 Å². The van der Waals surface area contributed by atoms with Gasteiger partial charge >= 0.3 is 6.03 Å². The van der Waals surface area contributed by atoms with Crippen molar-refractivity contribution < 1.29 is 4.79 Å². The predicted octanol–water partition coefficient (Wildman–Crippen LogP) is 2.02. The molecule has 1 heterocycles. The summed E-state index contributed by atoms with van der Waals surface area (Å²) in [6, 6.07) is -0.0828. The highest BCUT2D eigenvalue weighted by Crippen LogP contribution is 2.36. The lowest BCUT2D eigenvalue weighted by Crippen LogP contribution is -2.36. The highest BCUT2D eigenvalue weighted by molar-refractivity contribution is 5.76. The van der Waals surface area contributed by atoms with Crippen LogP contribution in [0.15, 0.2) is 18.7 Å². The summed E-state index contributed by atoms with van der Waals surface area (Å²) in [6.45, 7) is 3.01. The molecule has 2 rings (SSSR count). The summed E-state index contributed by atoms with van der Waals surface area (Å²) in [4.78, 5) is 15.5. The Labute approximate surface area is 89.7 Å². The lowest BCUT2D eigenvalue weighted by Gasteiger charge is -2.23. The van der Waals surface area contributed by atoms with Crippen LogP contribution < -0.4 is 5.32 Å². The molecule has 0 bridgehead atoms. The largest absolute Gasteiger partial charge is 0.337 e. The standard InChI is InChI=1S/C11H17N3O/c1-11(4-2-3-5-11)8-13-10(15)14-7-6-12-9-14/h6-7,9H,2-5,8H2,1H3,(H,13,15). The molecule has 1 amide bonds.